The largest absolute Gasteiger partial charge is 0.354 e. The molecular formula is C12H7BrN2O. The molecule has 0 amide bonds. The molecule has 3 rings (SSSR count). The van der Waals surface area contributed by atoms with E-state index in [9.17, 15) is 4.79 Å². The van der Waals surface area contributed by atoms with Gasteiger partial charge in [-0.15, -0.1) is 0 Å². The summed E-state index contributed by atoms with van der Waals surface area (Å²) in [6, 6.07) is 7.42. The summed E-state index contributed by atoms with van der Waals surface area (Å²) in [5, 5.41) is 1.29. The van der Waals surface area contributed by atoms with Gasteiger partial charge in [-0.1, -0.05) is 15.9 Å². The van der Waals surface area contributed by atoms with Gasteiger partial charge in [0.05, 0.1) is 10.9 Å². The van der Waals surface area contributed by atoms with Crippen LogP contribution in [0.15, 0.2) is 45.9 Å². The number of hydrogen-bond acceptors (Lipinski definition) is 2. The first kappa shape index (κ1) is 9.54. The minimum Gasteiger partial charge on any atom is -0.354 e. The van der Waals surface area contributed by atoms with Crippen molar-refractivity contribution >= 4 is 37.7 Å². The molecule has 2 aromatic heterocycles. The number of halogens is 1. The predicted molar refractivity (Wildman–Crippen MR) is 67.6 cm³/mol. The molecule has 1 aromatic carbocycles. The van der Waals surface area contributed by atoms with Crippen molar-refractivity contribution in [3.05, 3.63) is 51.4 Å². The van der Waals surface area contributed by atoms with Crippen LogP contribution in [0.25, 0.3) is 21.8 Å². The number of aromatic nitrogens is 2. The van der Waals surface area contributed by atoms with E-state index in [-0.39, 0.29) is 5.43 Å². The van der Waals surface area contributed by atoms with E-state index in [1.54, 1.807) is 18.5 Å². The van der Waals surface area contributed by atoms with Crippen LogP contribution >= 0.6 is 15.9 Å². The van der Waals surface area contributed by atoms with Crippen molar-refractivity contribution in [3.8, 4) is 0 Å². The summed E-state index contributed by atoms with van der Waals surface area (Å²) in [5.41, 5.74) is 1.67. The van der Waals surface area contributed by atoms with E-state index < -0.39 is 0 Å². The van der Waals surface area contributed by atoms with Gasteiger partial charge in [-0.25, -0.2) is 0 Å². The second kappa shape index (κ2) is 3.42. The summed E-state index contributed by atoms with van der Waals surface area (Å²) in [4.78, 5) is 19.3. The molecule has 0 spiro atoms. The maximum Gasteiger partial charge on any atom is 0.198 e. The maximum absolute atomic E-state index is 12.2. The summed E-state index contributed by atoms with van der Waals surface area (Å²) in [6.07, 6.45) is 3.26. The van der Waals surface area contributed by atoms with Crippen LogP contribution < -0.4 is 5.43 Å². The number of fused-ring (bicyclic) bond motifs is 2. The minimum absolute atomic E-state index is 0.0122. The second-order valence-corrected chi connectivity index (χ2v) is 4.48. The number of benzene rings is 1. The molecule has 3 aromatic rings. The van der Waals surface area contributed by atoms with Gasteiger partial charge in [0.1, 0.15) is 0 Å². The van der Waals surface area contributed by atoms with Gasteiger partial charge >= 0.3 is 0 Å². The number of H-pyrrole nitrogens is 1. The van der Waals surface area contributed by atoms with Crippen LogP contribution in [-0.2, 0) is 0 Å². The van der Waals surface area contributed by atoms with Gasteiger partial charge in [0, 0.05) is 27.8 Å². The van der Waals surface area contributed by atoms with E-state index in [4.69, 9.17) is 0 Å². The van der Waals surface area contributed by atoms with Crippen molar-refractivity contribution in [2.75, 3.05) is 0 Å². The van der Waals surface area contributed by atoms with Gasteiger partial charge in [0.25, 0.3) is 0 Å². The van der Waals surface area contributed by atoms with Gasteiger partial charge in [-0.3, -0.25) is 9.78 Å². The Morgan fingerprint density at radius 2 is 1.94 bits per heavy atom. The van der Waals surface area contributed by atoms with Gasteiger partial charge in [0.15, 0.2) is 5.43 Å². The van der Waals surface area contributed by atoms with E-state index in [1.807, 2.05) is 18.2 Å². The Balaban J connectivity index is 2.61. The third-order valence-electron chi connectivity index (χ3n) is 2.56. The van der Waals surface area contributed by atoms with Gasteiger partial charge < -0.3 is 4.98 Å². The predicted octanol–water partition coefficient (Wildman–Crippen LogP) is 2.84. The highest BCUT2D eigenvalue weighted by Gasteiger charge is 2.04. The molecule has 0 radical (unpaired) electrons. The third-order valence-corrected chi connectivity index (χ3v) is 3.05. The molecule has 4 heteroatoms. The topological polar surface area (TPSA) is 45.8 Å². The molecule has 0 atom stereocenters. The highest BCUT2D eigenvalue weighted by atomic mass is 79.9. The zero-order valence-electron chi connectivity index (χ0n) is 8.20. The third kappa shape index (κ3) is 1.34. The molecule has 0 saturated heterocycles. The van der Waals surface area contributed by atoms with E-state index in [1.165, 1.54) is 0 Å². The van der Waals surface area contributed by atoms with Crippen molar-refractivity contribution < 1.29 is 0 Å². The van der Waals surface area contributed by atoms with Crippen LogP contribution in [0.4, 0.5) is 0 Å². The van der Waals surface area contributed by atoms with Crippen molar-refractivity contribution in [2.24, 2.45) is 0 Å². The van der Waals surface area contributed by atoms with Crippen molar-refractivity contribution in [3.63, 3.8) is 0 Å². The molecule has 2 heterocycles. The second-order valence-electron chi connectivity index (χ2n) is 3.57. The van der Waals surface area contributed by atoms with Crippen molar-refractivity contribution in [1.29, 1.82) is 0 Å². The van der Waals surface area contributed by atoms with Gasteiger partial charge in [0.2, 0.25) is 0 Å². The molecule has 0 aliphatic carbocycles. The van der Waals surface area contributed by atoms with Crippen molar-refractivity contribution in [2.45, 2.75) is 0 Å². The van der Waals surface area contributed by atoms with E-state index in [0.717, 1.165) is 15.5 Å². The Hall–Kier alpha value is -1.68. The Kier molecular flexibility index (Phi) is 2.04. The van der Waals surface area contributed by atoms with Crippen LogP contribution in [0, 0.1) is 0 Å². The fourth-order valence-corrected chi connectivity index (χ4v) is 2.15. The number of nitrogens with one attached hydrogen (secondary N) is 1. The fourth-order valence-electron chi connectivity index (χ4n) is 1.79. The molecule has 0 saturated carbocycles. The Morgan fingerprint density at radius 3 is 2.81 bits per heavy atom. The number of nitrogens with zero attached hydrogens (tertiary/aromatic N) is 1. The highest BCUT2D eigenvalue weighted by molar-refractivity contribution is 9.10. The lowest BCUT2D eigenvalue weighted by Crippen LogP contribution is -2.04. The molecular weight excluding hydrogens is 268 g/mol. The van der Waals surface area contributed by atoms with Crippen LogP contribution in [0.2, 0.25) is 0 Å². The lowest BCUT2D eigenvalue weighted by molar-refractivity contribution is 1.34. The smallest absolute Gasteiger partial charge is 0.198 e. The van der Waals surface area contributed by atoms with E-state index in [2.05, 4.69) is 25.9 Å². The van der Waals surface area contributed by atoms with E-state index >= 15 is 0 Å². The summed E-state index contributed by atoms with van der Waals surface area (Å²) < 4.78 is 0.897. The first-order valence-electron chi connectivity index (χ1n) is 4.81. The van der Waals surface area contributed by atoms with Gasteiger partial charge in [-0.05, 0) is 24.3 Å². The Bertz CT molecular complexity index is 749. The standard InChI is InChI=1S/C12H7BrN2O/c13-7-1-2-10-8(5-7)12(16)9-6-14-4-3-11(9)15-10/h1-6H,(H,15,16). The summed E-state index contributed by atoms with van der Waals surface area (Å²) in [5.74, 6) is 0. The average molecular weight is 275 g/mol. The summed E-state index contributed by atoms with van der Waals surface area (Å²) in [6.45, 7) is 0. The molecule has 16 heavy (non-hydrogen) atoms. The molecule has 0 aliphatic rings. The van der Waals surface area contributed by atoms with Crippen LogP contribution in [0.3, 0.4) is 0 Å². The highest BCUT2D eigenvalue weighted by Crippen LogP contribution is 2.18. The SMILES string of the molecule is O=c1c2cnccc2[nH]c2ccc(Br)cc12. The lowest BCUT2D eigenvalue weighted by Gasteiger charge is -2.02. The quantitative estimate of drug-likeness (QED) is 0.641. The zero-order valence-corrected chi connectivity index (χ0v) is 9.78. The average Bonchev–Trinajstić information content (AvgIpc) is 2.31. The molecule has 1 N–H and O–H groups in total. The number of aromatic amines is 1. The molecule has 0 fully saturated rings. The molecule has 0 aliphatic heterocycles. The molecule has 78 valence electrons. The minimum atomic E-state index is 0.0122. The number of pyridine rings is 2. The van der Waals surface area contributed by atoms with Crippen LogP contribution in [-0.4, -0.2) is 9.97 Å². The monoisotopic (exact) mass is 274 g/mol. The molecule has 0 unspecified atom stereocenters. The zero-order chi connectivity index (χ0) is 11.1. The Labute approximate surface area is 99.3 Å². The van der Waals surface area contributed by atoms with Gasteiger partial charge in [-0.2, -0.15) is 0 Å². The summed E-state index contributed by atoms with van der Waals surface area (Å²) >= 11 is 3.36. The molecule has 3 nitrogen and oxygen atoms in total. The maximum atomic E-state index is 12.2. The summed E-state index contributed by atoms with van der Waals surface area (Å²) in [7, 11) is 0. The Morgan fingerprint density at radius 1 is 1.12 bits per heavy atom. The van der Waals surface area contributed by atoms with Crippen molar-refractivity contribution in [1.82, 2.24) is 9.97 Å². The first-order valence-corrected chi connectivity index (χ1v) is 5.60. The van der Waals surface area contributed by atoms with Crippen LogP contribution in [0.5, 0.6) is 0 Å². The lowest BCUT2D eigenvalue weighted by atomic mass is 10.1. The molecule has 0 bridgehead atoms. The van der Waals surface area contributed by atoms with Crippen LogP contribution in [0.1, 0.15) is 0 Å². The first-order chi connectivity index (χ1) is 7.75. The number of rotatable bonds is 0. The fraction of sp³-hybridized carbons (Fsp3) is 0. The normalized spacial score (nSPS) is 11.1. The van der Waals surface area contributed by atoms with E-state index in [0.29, 0.717) is 10.8 Å². The number of hydrogen-bond donors (Lipinski definition) is 1.